The summed E-state index contributed by atoms with van der Waals surface area (Å²) >= 11 is 0. The summed E-state index contributed by atoms with van der Waals surface area (Å²) in [6, 6.07) is 15.9. The van der Waals surface area contributed by atoms with E-state index in [1.54, 1.807) is 6.07 Å². The zero-order valence-electron chi connectivity index (χ0n) is 21.4. The number of benzene rings is 1. The molecule has 0 radical (unpaired) electrons. The highest BCUT2D eigenvalue weighted by Crippen LogP contribution is 2.40. The molecule has 1 aliphatic carbocycles. The van der Waals surface area contributed by atoms with Crippen LogP contribution < -0.4 is 5.32 Å². The second-order valence-corrected chi connectivity index (χ2v) is 9.19. The number of rotatable bonds is 8. The van der Waals surface area contributed by atoms with Crippen LogP contribution in [-0.2, 0) is 13.1 Å². The molecule has 1 saturated carbocycles. The summed E-state index contributed by atoms with van der Waals surface area (Å²) in [7, 11) is 2.17. The number of nitrogens with zero attached hydrogens (tertiary/aromatic N) is 4. The summed E-state index contributed by atoms with van der Waals surface area (Å²) in [5.41, 5.74) is 3.19. The molecule has 1 unspecified atom stereocenters. The van der Waals surface area contributed by atoms with E-state index in [9.17, 15) is 13.2 Å². The quantitative estimate of drug-likeness (QED) is 0.277. The zero-order chi connectivity index (χ0) is 26.6. The normalized spacial score (nSPS) is 16.8. The van der Waals surface area contributed by atoms with Crippen LogP contribution in [0.4, 0.5) is 13.2 Å². The first kappa shape index (κ1) is 28.2. The molecule has 2 aromatic heterocycles. The number of pyridine rings is 1. The van der Waals surface area contributed by atoms with Crippen molar-refractivity contribution < 1.29 is 13.2 Å². The van der Waals surface area contributed by atoms with Gasteiger partial charge in [-0.05, 0) is 62.9 Å². The minimum absolute atomic E-state index is 0.0649. The molecule has 3 aromatic rings. The van der Waals surface area contributed by atoms with Crippen molar-refractivity contribution in [2.45, 2.75) is 57.2 Å². The van der Waals surface area contributed by atoms with Crippen molar-refractivity contribution in [1.82, 2.24) is 25.0 Å². The lowest BCUT2D eigenvalue weighted by Crippen LogP contribution is -2.32. The van der Waals surface area contributed by atoms with Gasteiger partial charge in [-0.1, -0.05) is 49.1 Å². The van der Waals surface area contributed by atoms with Crippen molar-refractivity contribution in [2.75, 3.05) is 13.6 Å². The number of allylic oxidation sites excluding steroid dienone is 1. The fourth-order valence-corrected chi connectivity index (χ4v) is 4.18. The van der Waals surface area contributed by atoms with Crippen LogP contribution in [0.25, 0.3) is 0 Å². The van der Waals surface area contributed by atoms with Crippen LogP contribution in [0, 0.1) is 5.95 Å². The summed E-state index contributed by atoms with van der Waals surface area (Å²) in [5, 5.41) is 7.13. The van der Waals surface area contributed by atoms with E-state index < -0.39 is 6.43 Å². The molecule has 5 nitrogen and oxygen atoms in total. The molecule has 2 aliphatic rings. The number of aromatic nitrogens is 3. The van der Waals surface area contributed by atoms with Crippen molar-refractivity contribution in [3.05, 3.63) is 109 Å². The van der Waals surface area contributed by atoms with Gasteiger partial charge in [-0.3, -0.25) is 9.58 Å². The van der Waals surface area contributed by atoms with Gasteiger partial charge in [0.2, 0.25) is 5.95 Å². The number of halogens is 3. The molecule has 1 saturated heterocycles. The fourth-order valence-electron chi connectivity index (χ4n) is 4.18. The van der Waals surface area contributed by atoms with E-state index in [0.717, 1.165) is 30.6 Å². The largest absolute Gasteiger partial charge is 0.383 e. The maximum Gasteiger partial charge on any atom is 0.280 e. The van der Waals surface area contributed by atoms with Crippen LogP contribution in [0.2, 0.25) is 0 Å². The average Bonchev–Trinajstić information content (AvgIpc) is 3.47. The topological polar surface area (TPSA) is 46.0 Å². The van der Waals surface area contributed by atoms with Crippen LogP contribution in [0.15, 0.2) is 85.9 Å². The molecule has 37 heavy (non-hydrogen) atoms. The molecule has 1 atom stereocenters. The number of alkyl halides is 2. The predicted octanol–water partition coefficient (Wildman–Crippen LogP) is 6.49. The van der Waals surface area contributed by atoms with E-state index in [0.29, 0.717) is 18.5 Å². The van der Waals surface area contributed by atoms with Gasteiger partial charge in [0.1, 0.15) is 5.69 Å². The first-order valence-electron chi connectivity index (χ1n) is 12.6. The van der Waals surface area contributed by atoms with Crippen molar-refractivity contribution in [3.8, 4) is 0 Å². The maximum atomic E-state index is 12.8. The van der Waals surface area contributed by atoms with Crippen molar-refractivity contribution in [2.24, 2.45) is 0 Å². The lowest BCUT2D eigenvalue weighted by Gasteiger charge is -2.22. The molecule has 0 amide bonds. The van der Waals surface area contributed by atoms with Gasteiger partial charge in [0.05, 0.1) is 6.54 Å². The first-order chi connectivity index (χ1) is 17.9. The Bertz CT molecular complexity index is 1110. The van der Waals surface area contributed by atoms with E-state index in [4.69, 9.17) is 0 Å². The number of hydrogen-bond acceptors (Lipinski definition) is 4. The SMILES string of the molecule is C=C(NCc1ccccc1)C1CCCN1C.C=CCn1nccc1C(F)F.Fc1ncccc1C1CC1. The third kappa shape index (κ3) is 8.89. The van der Waals surface area contributed by atoms with Crippen molar-refractivity contribution in [3.63, 3.8) is 0 Å². The molecule has 5 rings (SSSR count). The van der Waals surface area contributed by atoms with E-state index in [-0.39, 0.29) is 11.6 Å². The van der Waals surface area contributed by atoms with E-state index >= 15 is 0 Å². The highest BCUT2D eigenvalue weighted by molar-refractivity contribution is 5.20. The first-order valence-corrected chi connectivity index (χ1v) is 12.6. The van der Waals surface area contributed by atoms with Crippen LogP contribution in [0.1, 0.15) is 54.8 Å². The van der Waals surface area contributed by atoms with Gasteiger partial charge in [0.15, 0.2) is 0 Å². The van der Waals surface area contributed by atoms with Gasteiger partial charge < -0.3 is 5.32 Å². The molecule has 2 fully saturated rings. The minimum atomic E-state index is -2.46. The summed E-state index contributed by atoms with van der Waals surface area (Å²) in [6.07, 6.45) is 6.68. The Morgan fingerprint density at radius 1 is 1.11 bits per heavy atom. The second kappa shape index (κ2) is 14.4. The van der Waals surface area contributed by atoms with Crippen LogP contribution in [0.3, 0.4) is 0 Å². The molecular formula is C29H36F3N5. The predicted molar refractivity (Wildman–Crippen MR) is 142 cm³/mol. The van der Waals surface area contributed by atoms with E-state index in [1.165, 1.54) is 54.2 Å². The molecule has 0 spiro atoms. The Labute approximate surface area is 217 Å². The maximum absolute atomic E-state index is 12.8. The third-order valence-corrected chi connectivity index (χ3v) is 6.37. The molecule has 8 heteroatoms. The Morgan fingerprint density at radius 2 is 1.86 bits per heavy atom. The molecular weight excluding hydrogens is 475 g/mol. The highest BCUT2D eigenvalue weighted by atomic mass is 19.3. The third-order valence-electron chi connectivity index (χ3n) is 6.37. The van der Waals surface area contributed by atoms with Gasteiger partial charge in [-0.2, -0.15) is 9.49 Å². The fraction of sp³-hybridized carbons (Fsp3) is 0.379. The second-order valence-electron chi connectivity index (χ2n) is 9.19. The van der Waals surface area contributed by atoms with Gasteiger partial charge in [0.25, 0.3) is 6.43 Å². The van der Waals surface area contributed by atoms with Crippen molar-refractivity contribution >= 4 is 0 Å². The Kier molecular flexibility index (Phi) is 11.0. The molecule has 1 N–H and O–H groups in total. The number of hydrogen-bond donors (Lipinski definition) is 1. The van der Waals surface area contributed by atoms with E-state index in [1.807, 2.05) is 12.1 Å². The smallest absolute Gasteiger partial charge is 0.280 e. The standard InChI is InChI=1S/C14H20N2.C8H8FN.C7H8F2N2/c1-12(14-9-6-10-16(14)2)15-11-13-7-4-3-5-8-13;9-8-7(6-3-4-6)2-1-5-10-8;1-2-5-11-6(7(8)9)3-4-10-11/h3-5,7-8,14-15H,1,6,9-11H2,2H3;1-2,5-6H,3-4H2;2-4,7H,1,5H2. The minimum Gasteiger partial charge on any atom is -0.383 e. The highest BCUT2D eigenvalue weighted by Gasteiger charge is 2.26. The van der Waals surface area contributed by atoms with E-state index in [2.05, 4.69) is 64.8 Å². The van der Waals surface area contributed by atoms with Crippen LogP contribution in [-0.4, -0.2) is 39.3 Å². The summed E-state index contributed by atoms with van der Waals surface area (Å²) in [4.78, 5) is 5.95. The zero-order valence-corrected chi connectivity index (χ0v) is 21.4. The monoisotopic (exact) mass is 511 g/mol. The number of likely N-dealkylation sites (tertiary alicyclic amines) is 1. The Balaban J connectivity index is 0.000000160. The molecule has 1 aliphatic heterocycles. The number of nitrogens with one attached hydrogen (secondary N) is 1. The molecule has 3 heterocycles. The van der Waals surface area contributed by atoms with Crippen LogP contribution >= 0.6 is 0 Å². The van der Waals surface area contributed by atoms with Gasteiger partial charge in [-0.15, -0.1) is 6.58 Å². The molecule has 1 aromatic carbocycles. The van der Waals surface area contributed by atoms with Gasteiger partial charge in [-0.25, -0.2) is 13.8 Å². The van der Waals surface area contributed by atoms with Gasteiger partial charge in [0, 0.05) is 36.2 Å². The summed E-state index contributed by atoms with van der Waals surface area (Å²) in [5.74, 6) is 0.179. The van der Waals surface area contributed by atoms with Crippen LogP contribution in [0.5, 0.6) is 0 Å². The molecule has 0 bridgehead atoms. The Hall–Kier alpha value is -3.39. The molecule has 198 valence electrons. The Morgan fingerprint density at radius 3 is 2.46 bits per heavy atom. The summed E-state index contributed by atoms with van der Waals surface area (Å²) < 4.78 is 38.2. The van der Waals surface area contributed by atoms with Crippen molar-refractivity contribution in [1.29, 1.82) is 0 Å². The lowest BCUT2D eigenvalue weighted by molar-refractivity contribution is 0.140. The average molecular weight is 512 g/mol. The number of likely N-dealkylation sites (N-methyl/N-ethyl adjacent to an activating group) is 1. The van der Waals surface area contributed by atoms with Gasteiger partial charge >= 0.3 is 0 Å². The lowest BCUT2D eigenvalue weighted by atomic mass is 10.1. The summed E-state index contributed by atoms with van der Waals surface area (Å²) in [6.45, 7) is 9.98.